The number of aromatic hydroxyl groups is 4. The van der Waals surface area contributed by atoms with Gasteiger partial charge in [-0.2, -0.15) is 0 Å². The van der Waals surface area contributed by atoms with Gasteiger partial charge in [-0.15, -0.1) is 0 Å². The summed E-state index contributed by atoms with van der Waals surface area (Å²) in [5.41, 5.74) is 1.04. The lowest BCUT2D eigenvalue weighted by Gasteiger charge is -2.09. The van der Waals surface area contributed by atoms with Crippen LogP contribution < -0.4 is 11.1 Å². The molecule has 6 rings (SSSR count). The van der Waals surface area contributed by atoms with Crippen molar-refractivity contribution < 1.29 is 20.4 Å². The first-order chi connectivity index (χ1) is 19.1. The van der Waals surface area contributed by atoms with Gasteiger partial charge in [-0.3, -0.25) is 18.7 Å². The van der Waals surface area contributed by atoms with Gasteiger partial charge in [0.25, 0.3) is 11.1 Å². The van der Waals surface area contributed by atoms with Crippen molar-refractivity contribution >= 4 is 66.7 Å². The van der Waals surface area contributed by atoms with Gasteiger partial charge in [0.2, 0.25) is 0 Å². The van der Waals surface area contributed by atoms with Crippen molar-refractivity contribution in [3.63, 3.8) is 0 Å². The van der Waals surface area contributed by atoms with E-state index in [2.05, 4.69) is 45.2 Å². The van der Waals surface area contributed by atoms with Gasteiger partial charge in [-0.1, -0.05) is 0 Å². The zero-order valence-electron chi connectivity index (χ0n) is 20.5. The fraction of sp³-hybridized carbons (Fsp3) is 0. The molecule has 10 heteroatoms. The molecule has 4 N–H and O–H groups in total. The van der Waals surface area contributed by atoms with Crippen molar-refractivity contribution in [2.24, 2.45) is 0 Å². The molecule has 0 spiro atoms. The fourth-order valence-electron chi connectivity index (χ4n) is 4.19. The SMILES string of the molecule is O=c1c2ccc(O)cc2c(I)cn1-c1ccc(O)cc1.O=c1c2ccc(O)cc2c(I)cn1-c1ccc(O)cc1. The third-order valence-corrected chi connectivity index (χ3v) is 7.88. The number of benzene rings is 4. The Balaban J connectivity index is 0.000000161. The number of phenolic OH excluding ortho intramolecular Hbond substituents is 4. The van der Waals surface area contributed by atoms with Gasteiger partial charge in [0, 0.05) is 52.5 Å². The van der Waals surface area contributed by atoms with E-state index < -0.39 is 0 Å². The predicted octanol–water partition coefficient (Wildman–Crippen LogP) is 6.01. The molecule has 2 heterocycles. The topological polar surface area (TPSA) is 125 Å². The van der Waals surface area contributed by atoms with Crippen LogP contribution in [0.4, 0.5) is 0 Å². The number of nitrogens with zero attached hydrogens (tertiary/aromatic N) is 2. The van der Waals surface area contributed by atoms with E-state index in [0.29, 0.717) is 22.1 Å². The molecule has 0 unspecified atom stereocenters. The van der Waals surface area contributed by atoms with Crippen molar-refractivity contribution in [1.29, 1.82) is 0 Å². The van der Waals surface area contributed by atoms with E-state index in [-0.39, 0.29) is 34.1 Å². The minimum absolute atomic E-state index is 0.136. The average molecular weight is 758 g/mol. The number of halogens is 2. The Morgan fingerprint density at radius 1 is 0.450 bits per heavy atom. The Kier molecular flexibility index (Phi) is 7.72. The van der Waals surface area contributed by atoms with Crippen molar-refractivity contribution in [3.8, 4) is 34.4 Å². The molecule has 0 aliphatic carbocycles. The Hall–Kier alpha value is -4.04. The van der Waals surface area contributed by atoms with E-state index in [4.69, 9.17) is 0 Å². The zero-order valence-corrected chi connectivity index (χ0v) is 24.8. The first-order valence-electron chi connectivity index (χ1n) is 11.8. The van der Waals surface area contributed by atoms with Crippen molar-refractivity contribution in [3.05, 3.63) is 125 Å². The molecule has 0 fully saturated rings. The van der Waals surface area contributed by atoms with Gasteiger partial charge in [0.15, 0.2) is 0 Å². The van der Waals surface area contributed by atoms with Crippen molar-refractivity contribution in [1.82, 2.24) is 9.13 Å². The first-order valence-corrected chi connectivity index (χ1v) is 13.9. The molecule has 0 radical (unpaired) electrons. The van der Waals surface area contributed by atoms with Gasteiger partial charge >= 0.3 is 0 Å². The summed E-state index contributed by atoms with van der Waals surface area (Å²) in [6.45, 7) is 0. The van der Waals surface area contributed by atoms with E-state index in [1.807, 2.05) is 0 Å². The summed E-state index contributed by atoms with van der Waals surface area (Å²) in [4.78, 5) is 25.0. The highest BCUT2D eigenvalue weighted by molar-refractivity contribution is 14.1. The van der Waals surface area contributed by atoms with Gasteiger partial charge in [0.1, 0.15) is 23.0 Å². The third-order valence-electron chi connectivity index (χ3n) is 6.16. The minimum atomic E-state index is -0.161. The largest absolute Gasteiger partial charge is 0.508 e. The average Bonchev–Trinajstić information content (AvgIpc) is 2.94. The number of hydrogen-bond acceptors (Lipinski definition) is 6. The Morgan fingerprint density at radius 3 is 1.12 bits per heavy atom. The van der Waals surface area contributed by atoms with Crippen LogP contribution in [0.1, 0.15) is 0 Å². The lowest BCUT2D eigenvalue weighted by Crippen LogP contribution is -2.18. The Bertz CT molecular complexity index is 1850. The number of aromatic nitrogens is 2. The number of fused-ring (bicyclic) bond motifs is 2. The predicted molar refractivity (Wildman–Crippen MR) is 171 cm³/mol. The third kappa shape index (κ3) is 5.49. The van der Waals surface area contributed by atoms with Crippen LogP contribution in [0.2, 0.25) is 0 Å². The smallest absolute Gasteiger partial charge is 0.263 e. The molecule has 0 aliphatic rings. The molecule has 6 aromatic rings. The molecule has 0 saturated heterocycles. The molecule has 0 atom stereocenters. The van der Waals surface area contributed by atoms with Crippen LogP contribution in [0.25, 0.3) is 32.9 Å². The second-order valence-corrected chi connectivity index (χ2v) is 11.1. The second-order valence-electron chi connectivity index (χ2n) is 8.80. The van der Waals surface area contributed by atoms with Crippen molar-refractivity contribution in [2.75, 3.05) is 0 Å². The van der Waals surface area contributed by atoms with Gasteiger partial charge in [0.05, 0.1) is 0 Å². The van der Waals surface area contributed by atoms with E-state index in [9.17, 15) is 30.0 Å². The molecule has 200 valence electrons. The monoisotopic (exact) mass is 758 g/mol. The highest BCUT2D eigenvalue weighted by Gasteiger charge is 2.11. The van der Waals surface area contributed by atoms with E-state index >= 15 is 0 Å². The molecular formula is C30H20I2N2O6. The van der Waals surface area contributed by atoms with Crippen LogP contribution in [0.15, 0.2) is 107 Å². The van der Waals surface area contributed by atoms with E-state index in [1.54, 1.807) is 60.9 Å². The Labute approximate surface area is 254 Å². The number of rotatable bonds is 2. The summed E-state index contributed by atoms with van der Waals surface area (Å²) >= 11 is 4.26. The van der Waals surface area contributed by atoms with Gasteiger partial charge in [-0.05, 0) is 130 Å². The Morgan fingerprint density at radius 2 is 0.775 bits per heavy atom. The summed E-state index contributed by atoms with van der Waals surface area (Å²) in [5.74, 6) is 0.582. The van der Waals surface area contributed by atoms with Crippen LogP contribution in [0.3, 0.4) is 0 Å². The fourth-order valence-corrected chi connectivity index (χ4v) is 5.63. The first kappa shape index (κ1) is 27.5. The molecule has 0 bridgehead atoms. The maximum Gasteiger partial charge on any atom is 0.263 e. The van der Waals surface area contributed by atoms with Crippen LogP contribution >= 0.6 is 45.2 Å². The van der Waals surface area contributed by atoms with Crippen LogP contribution in [-0.2, 0) is 0 Å². The normalized spacial score (nSPS) is 10.8. The standard InChI is InChI=1S/2C15H10INO3/c2*16-14-8-17(9-1-3-10(18)4-2-9)15(20)12-6-5-11(19)7-13(12)14/h2*1-8,18-19H. The minimum Gasteiger partial charge on any atom is -0.508 e. The molecule has 8 nitrogen and oxygen atoms in total. The molecule has 4 aromatic carbocycles. The summed E-state index contributed by atoms with van der Waals surface area (Å²) in [6.07, 6.45) is 3.44. The maximum atomic E-state index is 12.5. The summed E-state index contributed by atoms with van der Waals surface area (Å²) < 4.78 is 4.78. The molecular weight excluding hydrogens is 738 g/mol. The molecule has 0 saturated carbocycles. The molecule has 2 aromatic heterocycles. The van der Waals surface area contributed by atoms with Crippen LogP contribution in [0, 0.1) is 7.14 Å². The quantitative estimate of drug-likeness (QED) is 0.161. The van der Waals surface area contributed by atoms with Crippen LogP contribution in [-0.4, -0.2) is 29.6 Å². The summed E-state index contributed by atoms with van der Waals surface area (Å²) in [5, 5.41) is 40.2. The summed E-state index contributed by atoms with van der Waals surface area (Å²) in [7, 11) is 0. The number of pyridine rings is 2. The highest BCUT2D eigenvalue weighted by Crippen LogP contribution is 2.25. The lowest BCUT2D eigenvalue weighted by molar-refractivity contribution is 0.474. The molecule has 0 amide bonds. The number of phenols is 4. The van der Waals surface area contributed by atoms with Crippen molar-refractivity contribution in [2.45, 2.75) is 0 Å². The van der Waals surface area contributed by atoms with E-state index in [1.165, 1.54) is 45.5 Å². The lowest BCUT2D eigenvalue weighted by atomic mass is 10.1. The molecule has 0 aliphatic heterocycles. The zero-order chi connectivity index (χ0) is 28.6. The molecule has 40 heavy (non-hydrogen) atoms. The second kappa shape index (κ2) is 11.2. The summed E-state index contributed by atoms with van der Waals surface area (Å²) in [6, 6.07) is 22.3. The van der Waals surface area contributed by atoms with Gasteiger partial charge < -0.3 is 20.4 Å². The van der Waals surface area contributed by atoms with Gasteiger partial charge in [-0.25, -0.2) is 0 Å². The maximum absolute atomic E-state index is 12.5. The van der Waals surface area contributed by atoms with Crippen LogP contribution in [0.5, 0.6) is 23.0 Å². The number of hydrogen-bond donors (Lipinski definition) is 4. The highest BCUT2D eigenvalue weighted by atomic mass is 127. The van der Waals surface area contributed by atoms with E-state index in [0.717, 1.165) is 17.9 Å².